The van der Waals surface area contributed by atoms with E-state index in [1.807, 2.05) is 0 Å². The fraction of sp³-hybridized carbons (Fsp3) is 0.438. The number of rotatable bonds is 6. The van der Waals surface area contributed by atoms with E-state index in [0.29, 0.717) is 17.9 Å². The Morgan fingerprint density at radius 3 is 2.05 bits per heavy atom. The Bertz CT molecular complexity index is 533. The van der Waals surface area contributed by atoms with E-state index in [1.54, 1.807) is 6.92 Å². The third-order valence-electron chi connectivity index (χ3n) is 2.89. The molecular formula is C16H22O6. The minimum absolute atomic E-state index is 0.0111. The van der Waals surface area contributed by atoms with Crippen LogP contribution in [0.3, 0.4) is 0 Å². The van der Waals surface area contributed by atoms with Gasteiger partial charge in [-0.25, -0.2) is 9.59 Å². The standard InChI is InChI=1S/C9H8O4.C7H14O2/c1-5-2-3-6(8(10)11)4-7(5)9(12)13;1-6(2)4-3-5-7(8)9/h2-4H,1H3,(H,10,11)(H,12,13);6H,3-5H2,1-2H3,(H,8,9). The van der Waals surface area contributed by atoms with Gasteiger partial charge in [-0.15, -0.1) is 0 Å². The second-order valence-electron chi connectivity index (χ2n) is 5.32. The quantitative estimate of drug-likeness (QED) is 0.743. The number of carbonyl (C=O) groups is 3. The second kappa shape index (κ2) is 9.55. The van der Waals surface area contributed by atoms with Crippen molar-refractivity contribution in [2.75, 3.05) is 0 Å². The van der Waals surface area contributed by atoms with Gasteiger partial charge in [-0.1, -0.05) is 26.3 Å². The summed E-state index contributed by atoms with van der Waals surface area (Å²) in [5.74, 6) is -2.29. The predicted octanol–water partition coefficient (Wildman–Crippen LogP) is 3.29. The minimum atomic E-state index is -1.12. The van der Waals surface area contributed by atoms with Crippen molar-refractivity contribution < 1.29 is 29.7 Å². The maximum absolute atomic E-state index is 10.6. The molecule has 0 fully saturated rings. The van der Waals surface area contributed by atoms with Crippen LogP contribution in [0.5, 0.6) is 0 Å². The number of carboxylic acid groups (broad SMARTS) is 3. The SMILES string of the molecule is CC(C)CCCC(=O)O.Cc1ccc(C(=O)O)cc1C(=O)O. The second-order valence-corrected chi connectivity index (χ2v) is 5.32. The molecule has 0 spiro atoms. The fourth-order valence-corrected chi connectivity index (χ4v) is 1.65. The maximum atomic E-state index is 10.6. The Morgan fingerprint density at radius 2 is 1.64 bits per heavy atom. The first-order valence-corrected chi connectivity index (χ1v) is 6.94. The molecule has 6 heteroatoms. The van der Waals surface area contributed by atoms with Gasteiger partial charge in [-0.3, -0.25) is 4.79 Å². The van der Waals surface area contributed by atoms with E-state index < -0.39 is 17.9 Å². The Hall–Kier alpha value is -2.37. The van der Waals surface area contributed by atoms with Crippen LogP contribution in [0, 0.1) is 12.8 Å². The van der Waals surface area contributed by atoms with Gasteiger partial charge in [0.2, 0.25) is 0 Å². The number of aryl methyl sites for hydroxylation is 1. The van der Waals surface area contributed by atoms with Crippen LogP contribution < -0.4 is 0 Å². The van der Waals surface area contributed by atoms with Crippen LogP contribution >= 0.6 is 0 Å². The third-order valence-corrected chi connectivity index (χ3v) is 2.89. The average Bonchev–Trinajstić information content (AvgIpc) is 2.38. The Labute approximate surface area is 129 Å². The summed E-state index contributed by atoms with van der Waals surface area (Å²) in [5.41, 5.74) is 0.570. The Morgan fingerprint density at radius 1 is 1.05 bits per heavy atom. The molecule has 0 amide bonds. The van der Waals surface area contributed by atoms with Gasteiger partial charge in [-0.05, 0) is 37.0 Å². The predicted molar refractivity (Wildman–Crippen MR) is 81.4 cm³/mol. The van der Waals surface area contributed by atoms with Gasteiger partial charge in [-0.2, -0.15) is 0 Å². The molecule has 1 aromatic rings. The molecule has 0 atom stereocenters. The summed E-state index contributed by atoms with van der Waals surface area (Å²) < 4.78 is 0. The van der Waals surface area contributed by atoms with Gasteiger partial charge in [0.25, 0.3) is 0 Å². The lowest BCUT2D eigenvalue weighted by atomic mass is 10.1. The van der Waals surface area contributed by atoms with Gasteiger partial charge in [0.05, 0.1) is 11.1 Å². The Balaban J connectivity index is 0.000000433. The topological polar surface area (TPSA) is 112 Å². The molecule has 6 nitrogen and oxygen atoms in total. The molecule has 122 valence electrons. The highest BCUT2D eigenvalue weighted by Crippen LogP contribution is 2.11. The zero-order valence-corrected chi connectivity index (χ0v) is 13.0. The van der Waals surface area contributed by atoms with Crippen LogP contribution in [0.1, 0.15) is 59.4 Å². The molecule has 0 saturated carbocycles. The van der Waals surface area contributed by atoms with Gasteiger partial charge < -0.3 is 15.3 Å². The van der Waals surface area contributed by atoms with Crippen molar-refractivity contribution in [3.05, 3.63) is 34.9 Å². The van der Waals surface area contributed by atoms with E-state index in [1.165, 1.54) is 12.1 Å². The molecule has 0 bridgehead atoms. The van der Waals surface area contributed by atoms with Crippen LogP contribution in [-0.4, -0.2) is 33.2 Å². The van der Waals surface area contributed by atoms with E-state index in [9.17, 15) is 14.4 Å². The molecule has 1 aromatic carbocycles. The first-order valence-electron chi connectivity index (χ1n) is 6.94. The lowest BCUT2D eigenvalue weighted by Gasteiger charge is -2.01. The van der Waals surface area contributed by atoms with Gasteiger partial charge in [0.1, 0.15) is 0 Å². The molecule has 0 heterocycles. The van der Waals surface area contributed by atoms with Crippen molar-refractivity contribution in [1.82, 2.24) is 0 Å². The molecule has 0 saturated heterocycles. The zero-order chi connectivity index (χ0) is 17.3. The van der Waals surface area contributed by atoms with E-state index in [4.69, 9.17) is 15.3 Å². The van der Waals surface area contributed by atoms with Gasteiger partial charge >= 0.3 is 17.9 Å². The molecule has 0 aliphatic heterocycles. The van der Waals surface area contributed by atoms with Crippen LogP contribution in [0.15, 0.2) is 18.2 Å². The van der Waals surface area contributed by atoms with Gasteiger partial charge in [0, 0.05) is 6.42 Å². The smallest absolute Gasteiger partial charge is 0.335 e. The zero-order valence-electron chi connectivity index (χ0n) is 13.0. The molecule has 0 aliphatic carbocycles. The monoisotopic (exact) mass is 310 g/mol. The summed E-state index contributed by atoms with van der Waals surface area (Å²) in [4.78, 5) is 31.1. The van der Waals surface area contributed by atoms with Crippen molar-refractivity contribution in [2.45, 2.75) is 40.0 Å². The molecule has 0 radical (unpaired) electrons. The number of carboxylic acids is 3. The summed E-state index contributed by atoms with van der Waals surface area (Å²) in [5, 5.41) is 25.5. The van der Waals surface area contributed by atoms with E-state index in [0.717, 1.165) is 18.9 Å². The number of hydrogen-bond acceptors (Lipinski definition) is 3. The molecule has 3 N–H and O–H groups in total. The summed E-state index contributed by atoms with van der Waals surface area (Å²) >= 11 is 0. The summed E-state index contributed by atoms with van der Waals surface area (Å²) in [6.45, 7) is 5.82. The highest BCUT2D eigenvalue weighted by Gasteiger charge is 2.10. The van der Waals surface area contributed by atoms with E-state index in [2.05, 4.69) is 13.8 Å². The molecular weight excluding hydrogens is 288 g/mol. The third kappa shape index (κ3) is 8.04. The van der Waals surface area contributed by atoms with E-state index in [-0.39, 0.29) is 11.1 Å². The summed E-state index contributed by atoms with van der Waals surface area (Å²) in [6, 6.07) is 4.01. The lowest BCUT2D eigenvalue weighted by Crippen LogP contribution is -2.03. The Kier molecular flexibility index (Phi) is 8.52. The minimum Gasteiger partial charge on any atom is -0.481 e. The maximum Gasteiger partial charge on any atom is 0.335 e. The highest BCUT2D eigenvalue weighted by molar-refractivity contribution is 5.94. The number of benzene rings is 1. The average molecular weight is 310 g/mol. The van der Waals surface area contributed by atoms with Crippen molar-refractivity contribution in [3.63, 3.8) is 0 Å². The van der Waals surface area contributed by atoms with Crippen LogP contribution in [-0.2, 0) is 4.79 Å². The molecule has 0 aromatic heterocycles. The number of aliphatic carboxylic acids is 1. The molecule has 22 heavy (non-hydrogen) atoms. The largest absolute Gasteiger partial charge is 0.481 e. The molecule has 0 aliphatic rings. The van der Waals surface area contributed by atoms with Crippen LogP contribution in [0.2, 0.25) is 0 Å². The number of aromatic carboxylic acids is 2. The lowest BCUT2D eigenvalue weighted by molar-refractivity contribution is -0.137. The van der Waals surface area contributed by atoms with Crippen molar-refractivity contribution in [1.29, 1.82) is 0 Å². The number of hydrogen-bond donors (Lipinski definition) is 3. The normalized spacial score (nSPS) is 9.82. The summed E-state index contributed by atoms with van der Waals surface area (Å²) in [7, 11) is 0. The molecule has 0 unspecified atom stereocenters. The van der Waals surface area contributed by atoms with E-state index >= 15 is 0 Å². The van der Waals surface area contributed by atoms with Crippen molar-refractivity contribution >= 4 is 17.9 Å². The highest BCUT2D eigenvalue weighted by atomic mass is 16.4. The van der Waals surface area contributed by atoms with Crippen molar-refractivity contribution in [2.24, 2.45) is 5.92 Å². The summed E-state index contributed by atoms with van der Waals surface area (Å²) in [6.07, 6.45) is 2.15. The van der Waals surface area contributed by atoms with Crippen molar-refractivity contribution in [3.8, 4) is 0 Å². The van der Waals surface area contributed by atoms with Crippen LogP contribution in [0.4, 0.5) is 0 Å². The first-order chi connectivity index (χ1) is 10.1. The molecule has 1 rings (SSSR count). The fourth-order valence-electron chi connectivity index (χ4n) is 1.65. The van der Waals surface area contributed by atoms with Crippen LogP contribution in [0.25, 0.3) is 0 Å². The van der Waals surface area contributed by atoms with Gasteiger partial charge in [0.15, 0.2) is 0 Å². The first kappa shape index (κ1) is 19.6.